The van der Waals surface area contributed by atoms with Crippen molar-refractivity contribution in [3.63, 3.8) is 0 Å². The first-order valence-electron chi connectivity index (χ1n) is 6.77. The van der Waals surface area contributed by atoms with Crippen LogP contribution in [0.5, 0.6) is 0 Å². The van der Waals surface area contributed by atoms with Crippen LogP contribution in [0.1, 0.15) is 30.6 Å². The molecule has 2 atom stereocenters. The predicted molar refractivity (Wildman–Crippen MR) is 78.9 cm³/mol. The third kappa shape index (κ3) is 4.36. The van der Waals surface area contributed by atoms with Gasteiger partial charge in [0, 0.05) is 18.7 Å². The lowest BCUT2D eigenvalue weighted by Gasteiger charge is -2.19. The van der Waals surface area contributed by atoms with E-state index < -0.39 is 6.04 Å². The predicted octanol–water partition coefficient (Wildman–Crippen LogP) is 2.16. The van der Waals surface area contributed by atoms with Crippen molar-refractivity contribution in [2.75, 3.05) is 0 Å². The number of benzene rings is 1. The Kier molecular flexibility index (Phi) is 5.00. The van der Waals surface area contributed by atoms with Gasteiger partial charge in [0.1, 0.15) is 5.82 Å². The fraction of sp³-hybridized carbons (Fsp3) is 0.250. The Morgan fingerprint density at radius 2 is 2.14 bits per heavy atom. The van der Waals surface area contributed by atoms with E-state index in [1.807, 2.05) is 6.07 Å². The second-order valence-electron chi connectivity index (χ2n) is 4.99. The van der Waals surface area contributed by atoms with Crippen LogP contribution >= 0.6 is 0 Å². The maximum Gasteiger partial charge on any atom is 0.222 e. The first-order valence-corrected chi connectivity index (χ1v) is 6.77. The number of aromatic nitrogens is 1. The summed E-state index contributed by atoms with van der Waals surface area (Å²) in [7, 11) is 0. The molecule has 2 rings (SSSR count). The van der Waals surface area contributed by atoms with E-state index in [-0.39, 0.29) is 24.2 Å². The number of nitrogens with two attached hydrogens (primary N) is 1. The molecule has 4 nitrogen and oxygen atoms in total. The summed E-state index contributed by atoms with van der Waals surface area (Å²) in [5.41, 5.74) is 6.93. The van der Waals surface area contributed by atoms with Crippen LogP contribution in [0.4, 0.5) is 4.39 Å². The summed E-state index contributed by atoms with van der Waals surface area (Å²) >= 11 is 0. The zero-order valence-electron chi connectivity index (χ0n) is 11.8. The van der Waals surface area contributed by atoms with Crippen LogP contribution < -0.4 is 11.1 Å². The summed E-state index contributed by atoms with van der Waals surface area (Å²) in [5, 5.41) is 2.86. The SMILES string of the molecule is CC(N)CC(=O)NC(c1cccc(F)c1)c1ccccn1. The van der Waals surface area contributed by atoms with Gasteiger partial charge in [-0.25, -0.2) is 4.39 Å². The third-order valence-corrected chi connectivity index (χ3v) is 2.98. The van der Waals surface area contributed by atoms with Gasteiger partial charge < -0.3 is 11.1 Å². The van der Waals surface area contributed by atoms with Crippen LogP contribution in [-0.4, -0.2) is 16.9 Å². The fourth-order valence-electron chi connectivity index (χ4n) is 2.07. The fourth-order valence-corrected chi connectivity index (χ4v) is 2.07. The van der Waals surface area contributed by atoms with Crippen molar-refractivity contribution >= 4 is 5.91 Å². The number of carbonyl (C=O) groups excluding carboxylic acids is 1. The largest absolute Gasteiger partial charge is 0.344 e. The van der Waals surface area contributed by atoms with Crippen LogP contribution in [0, 0.1) is 5.82 Å². The first kappa shape index (κ1) is 15.1. The molecule has 0 aliphatic rings. The highest BCUT2D eigenvalue weighted by atomic mass is 19.1. The van der Waals surface area contributed by atoms with Gasteiger partial charge in [0.25, 0.3) is 0 Å². The highest BCUT2D eigenvalue weighted by molar-refractivity contribution is 5.77. The first-order chi connectivity index (χ1) is 10.1. The minimum absolute atomic E-state index is 0.190. The van der Waals surface area contributed by atoms with Gasteiger partial charge in [-0.05, 0) is 36.8 Å². The molecule has 0 aliphatic heterocycles. The molecule has 1 amide bonds. The molecule has 0 aliphatic carbocycles. The van der Waals surface area contributed by atoms with Gasteiger partial charge in [-0.15, -0.1) is 0 Å². The van der Waals surface area contributed by atoms with Crippen molar-refractivity contribution in [1.29, 1.82) is 0 Å². The molecule has 1 aromatic heterocycles. The van der Waals surface area contributed by atoms with E-state index in [2.05, 4.69) is 10.3 Å². The molecular formula is C16H18FN3O. The van der Waals surface area contributed by atoms with Crippen LogP contribution in [0.2, 0.25) is 0 Å². The maximum absolute atomic E-state index is 13.4. The lowest BCUT2D eigenvalue weighted by atomic mass is 10.0. The van der Waals surface area contributed by atoms with Crippen molar-refractivity contribution in [2.24, 2.45) is 5.73 Å². The summed E-state index contributed by atoms with van der Waals surface area (Å²) in [6.45, 7) is 1.76. The molecule has 0 saturated carbocycles. The summed E-state index contributed by atoms with van der Waals surface area (Å²) in [6.07, 6.45) is 1.85. The Morgan fingerprint density at radius 1 is 1.33 bits per heavy atom. The lowest BCUT2D eigenvalue weighted by molar-refractivity contribution is -0.121. The Balaban J connectivity index is 2.29. The number of rotatable bonds is 5. The van der Waals surface area contributed by atoms with Crippen LogP contribution in [0.25, 0.3) is 0 Å². The second-order valence-corrected chi connectivity index (χ2v) is 4.99. The molecule has 0 fully saturated rings. The lowest BCUT2D eigenvalue weighted by Crippen LogP contribution is -2.33. The normalized spacial score (nSPS) is 13.5. The number of pyridine rings is 1. The van der Waals surface area contributed by atoms with Gasteiger partial charge in [-0.1, -0.05) is 18.2 Å². The zero-order chi connectivity index (χ0) is 15.2. The summed E-state index contributed by atoms with van der Waals surface area (Å²) in [4.78, 5) is 16.2. The molecule has 21 heavy (non-hydrogen) atoms. The minimum Gasteiger partial charge on any atom is -0.344 e. The van der Waals surface area contributed by atoms with E-state index in [0.717, 1.165) is 0 Å². The highest BCUT2D eigenvalue weighted by Gasteiger charge is 2.19. The summed E-state index contributed by atoms with van der Waals surface area (Å²) in [6, 6.07) is 10.8. The number of halogens is 1. The zero-order valence-corrected chi connectivity index (χ0v) is 11.8. The van der Waals surface area contributed by atoms with Crippen molar-refractivity contribution in [2.45, 2.75) is 25.4 Å². The summed E-state index contributed by atoms with van der Waals surface area (Å²) in [5.74, 6) is -0.542. The number of nitrogens with one attached hydrogen (secondary N) is 1. The Morgan fingerprint density at radius 3 is 2.76 bits per heavy atom. The van der Waals surface area contributed by atoms with Crippen molar-refractivity contribution in [3.05, 3.63) is 65.7 Å². The number of amides is 1. The van der Waals surface area contributed by atoms with Crippen LogP contribution in [-0.2, 0) is 4.79 Å². The number of carbonyl (C=O) groups is 1. The van der Waals surface area contributed by atoms with Gasteiger partial charge in [-0.2, -0.15) is 0 Å². The smallest absolute Gasteiger partial charge is 0.222 e. The highest BCUT2D eigenvalue weighted by Crippen LogP contribution is 2.21. The number of nitrogens with zero attached hydrogens (tertiary/aromatic N) is 1. The topological polar surface area (TPSA) is 68.0 Å². The molecule has 0 spiro atoms. The van der Waals surface area contributed by atoms with Crippen LogP contribution in [0.15, 0.2) is 48.7 Å². The molecule has 110 valence electrons. The summed E-state index contributed by atoms with van der Waals surface area (Å²) < 4.78 is 13.4. The monoisotopic (exact) mass is 287 g/mol. The molecule has 0 bridgehead atoms. The Bertz CT molecular complexity index is 601. The van der Waals surface area contributed by atoms with Crippen molar-refractivity contribution < 1.29 is 9.18 Å². The van der Waals surface area contributed by atoms with E-state index in [9.17, 15) is 9.18 Å². The standard InChI is InChI=1S/C16H18FN3O/c1-11(18)9-15(21)20-16(14-7-2-3-8-19-14)12-5-4-6-13(17)10-12/h2-8,10-11,16H,9,18H2,1H3,(H,20,21). The van der Waals surface area contributed by atoms with E-state index in [1.54, 1.807) is 37.4 Å². The molecule has 5 heteroatoms. The van der Waals surface area contributed by atoms with E-state index in [1.165, 1.54) is 12.1 Å². The maximum atomic E-state index is 13.4. The molecule has 1 heterocycles. The molecule has 0 saturated heterocycles. The molecule has 2 aromatic rings. The molecule has 0 radical (unpaired) electrons. The van der Waals surface area contributed by atoms with Crippen molar-refractivity contribution in [1.82, 2.24) is 10.3 Å². The van der Waals surface area contributed by atoms with E-state index in [0.29, 0.717) is 11.3 Å². The van der Waals surface area contributed by atoms with Crippen LogP contribution in [0.3, 0.4) is 0 Å². The van der Waals surface area contributed by atoms with Gasteiger partial charge in [0.15, 0.2) is 0 Å². The third-order valence-electron chi connectivity index (χ3n) is 2.98. The average molecular weight is 287 g/mol. The minimum atomic E-state index is -0.492. The Labute approximate surface area is 123 Å². The quantitative estimate of drug-likeness (QED) is 0.885. The molecule has 2 unspecified atom stereocenters. The average Bonchev–Trinajstić information content (AvgIpc) is 2.45. The van der Waals surface area contributed by atoms with E-state index >= 15 is 0 Å². The second kappa shape index (κ2) is 6.95. The van der Waals surface area contributed by atoms with Gasteiger partial charge in [-0.3, -0.25) is 9.78 Å². The number of hydrogen-bond acceptors (Lipinski definition) is 3. The van der Waals surface area contributed by atoms with Gasteiger partial charge >= 0.3 is 0 Å². The molecule has 3 N–H and O–H groups in total. The molecular weight excluding hydrogens is 269 g/mol. The van der Waals surface area contributed by atoms with Gasteiger partial charge in [0.05, 0.1) is 11.7 Å². The molecule has 1 aromatic carbocycles. The Hall–Kier alpha value is -2.27. The van der Waals surface area contributed by atoms with E-state index in [4.69, 9.17) is 5.73 Å². The number of hydrogen-bond donors (Lipinski definition) is 2. The van der Waals surface area contributed by atoms with Crippen molar-refractivity contribution in [3.8, 4) is 0 Å². The van der Waals surface area contributed by atoms with Gasteiger partial charge in [0.2, 0.25) is 5.91 Å².